The zero-order chi connectivity index (χ0) is 14.8. The molecule has 0 unspecified atom stereocenters. The maximum Gasteiger partial charge on any atom is 0.337 e. The van der Waals surface area contributed by atoms with E-state index in [-0.39, 0.29) is 17.4 Å². The Morgan fingerprint density at radius 1 is 1.40 bits per heavy atom. The molecule has 20 heavy (non-hydrogen) atoms. The second-order valence-corrected chi connectivity index (χ2v) is 5.46. The van der Waals surface area contributed by atoms with Crippen molar-refractivity contribution in [3.05, 3.63) is 29.3 Å². The van der Waals surface area contributed by atoms with E-state index in [2.05, 4.69) is 10.1 Å². The lowest BCUT2D eigenvalue weighted by Crippen LogP contribution is -2.48. The van der Waals surface area contributed by atoms with Gasteiger partial charge in [0.25, 0.3) is 0 Å². The molecule has 1 saturated carbocycles. The second kappa shape index (κ2) is 5.63. The number of anilines is 1. The van der Waals surface area contributed by atoms with Gasteiger partial charge in [0.2, 0.25) is 5.91 Å². The number of hydrogen-bond acceptors (Lipinski definition) is 4. The molecule has 0 bridgehead atoms. The molecule has 0 saturated heterocycles. The third-order valence-electron chi connectivity index (χ3n) is 3.78. The number of aryl methyl sites for hydroxylation is 1. The maximum absolute atomic E-state index is 12.0. The van der Waals surface area contributed by atoms with Gasteiger partial charge < -0.3 is 15.8 Å². The largest absolute Gasteiger partial charge is 0.465 e. The minimum atomic E-state index is -0.388. The Labute approximate surface area is 118 Å². The van der Waals surface area contributed by atoms with Crippen molar-refractivity contribution in [2.75, 3.05) is 12.4 Å². The molecule has 1 aromatic carbocycles. The predicted octanol–water partition coefficient (Wildman–Crippen LogP) is 1.99. The molecule has 1 aromatic rings. The highest BCUT2D eigenvalue weighted by Gasteiger charge is 2.34. The number of benzene rings is 1. The maximum atomic E-state index is 12.0. The molecule has 5 nitrogen and oxygen atoms in total. The molecule has 2 rings (SSSR count). The average molecular weight is 276 g/mol. The molecular weight excluding hydrogens is 256 g/mol. The van der Waals surface area contributed by atoms with Crippen LogP contribution in [0.4, 0.5) is 5.69 Å². The lowest BCUT2D eigenvalue weighted by atomic mass is 9.75. The summed E-state index contributed by atoms with van der Waals surface area (Å²) in [5.74, 6) is -0.470. The molecule has 0 atom stereocenters. The van der Waals surface area contributed by atoms with E-state index < -0.39 is 0 Å². The summed E-state index contributed by atoms with van der Waals surface area (Å²) in [5.41, 5.74) is 7.72. The Hall–Kier alpha value is -1.88. The van der Waals surface area contributed by atoms with Crippen molar-refractivity contribution in [3.63, 3.8) is 0 Å². The molecule has 1 amide bonds. The van der Waals surface area contributed by atoms with Crippen LogP contribution in [0, 0.1) is 6.92 Å². The van der Waals surface area contributed by atoms with Gasteiger partial charge in [-0.2, -0.15) is 0 Å². The fourth-order valence-electron chi connectivity index (χ4n) is 2.37. The van der Waals surface area contributed by atoms with Crippen LogP contribution in [-0.2, 0) is 9.53 Å². The Morgan fingerprint density at radius 3 is 2.60 bits per heavy atom. The first-order valence-electron chi connectivity index (χ1n) is 6.71. The lowest BCUT2D eigenvalue weighted by molar-refractivity contribution is -0.118. The van der Waals surface area contributed by atoms with Gasteiger partial charge in [-0.05, 0) is 49.9 Å². The van der Waals surface area contributed by atoms with Crippen LogP contribution in [0.25, 0.3) is 0 Å². The molecule has 1 fully saturated rings. The minimum Gasteiger partial charge on any atom is -0.465 e. The molecule has 1 aliphatic carbocycles. The molecule has 0 aliphatic heterocycles. The highest BCUT2D eigenvalue weighted by molar-refractivity contribution is 5.94. The number of esters is 1. The number of hydrogen-bond donors (Lipinski definition) is 2. The fraction of sp³-hybridized carbons (Fsp3) is 0.467. The minimum absolute atomic E-state index is 0.0823. The van der Waals surface area contributed by atoms with Crippen LogP contribution in [0.2, 0.25) is 0 Å². The predicted molar refractivity (Wildman–Crippen MR) is 76.5 cm³/mol. The zero-order valence-electron chi connectivity index (χ0n) is 11.9. The van der Waals surface area contributed by atoms with E-state index in [9.17, 15) is 9.59 Å². The van der Waals surface area contributed by atoms with Gasteiger partial charge in [-0.1, -0.05) is 0 Å². The number of amides is 1. The Morgan fingerprint density at radius 2 is 2.10 bits per heavy atom. The third-order valence-corrected chi connectivity index (χ3v) is 3.78. The Balaban J connectivity index is 2.02. The van der Waals surface area contributed by atoms with E-state index in [1.54, 1.807) is 18.2 Å². The van der Waals surface area contributed by atoms with E-state index in [1.165, 1.54) is 7.11 Å². The molecule has 0 spiro atoms. The Kier molecular flexibility index (Phi) is 4.09. The fourth-order valence-corrected chi connectivity index (χ4v) is 2.37. The standard InChI is InChI=1S/C15H20N2O3/c1-10-8-11(14(19)20-2)4-5-12(10)17-13(18)9-15(16)6-3-7-15/h4-5,8H,3,6-7,9,16H2,1-2H3,(H,17,18). The van der Waals surface area contributed by atoms with Crippen LogP contribution in [0.3, 0.4) is 0 Å². The summed E-state index contributed by atoms with van der Waals surface area (Å²) in [4.78, 5) is 23.4. The number of rotatable bonds is 4. The number of nitrogens with one attached hydrogen (secondary N) is 1. The van der Waals surface area contributed by atoms with Crippen LogP contribution in [0.5, 0.6) is 0 Å². The van der Waals surface area contributed by atoms with Crippen LogP contribution in [0.1, 0.15) is 41.6 Å². The van der Waals surface area contributed by atoms with Crippen molar-refractivity contribution in [1.29, 1.82) is 0 Å². The van der Waals surface area contributed by atoms with Gasteiger partial charge in [0, 0.05) is 17.6 Å². The van der Waals surface area contributed by atoms with E-state index in [0.717, 1.165) is 24.8 Å². The zero-order valence-corrected chi connectivity index (χ0v) is 11.9. The number of carbonyl (C=O) groups is 2. The summed E-state index contributed by atoms with van der Waals surface area (Å²) in [6.07, 6.45) is 3.24. The van der Waals surface area contributed by atoms with Gasteiger partial charge in [0.15, 0.2) is 0 Å². The highest BCUT2D eigenvalue weighted by Crippen LogP contribution is 2.32. The number of ether oxygens (including phenoxy) is 1. The summed E-state index contributed by atoms with van der Waals surface area (Å²) < 4.78 is 4.66. The van der Waals surface area contributed by atoms with Crippen molar-refractivity contribution in [1.82, 2.24) is 0 Å². The average Bonchev–Trinajstić information content (AvgIpc) is 2.38. The summed E-state index contributed by atoms with van der Waals surface area (Å²) in [6, 6.07) is 5.04. The number of nitrogens with two attached hydrogens (primary N) is 1. The SMILES string of the molecule is COC(=O)c1ccc(NC(=O)CC2(N)CCC2)c(C)c1. The van der Waals surface area contributed by atoms with Crippen LogP contribution >= 0.6 is 0 Å². The first-order chi connectivity index (χ1) is 9.43. The van der Waals surface area contributed by atoms with E-state index in [4.69, 9.17) is 5.73 Å². The molecule has 1 aliphatic rings. The van der Waals surface area contributed by atoms with Crippen molar-refractivity contribution < 1.29 is 14.3 Å². The van der Waals surface area contributed by atoms with Gasteiger partial charge in [0.1, 0.15) is 0 Å². The van der Waals surface area contributed by atoms with Crippen LogP contribution < -0.4 is 11.1 Å². The van der Waals surface area contributed by atoms with Gasteiger partial charge in [-0.3, -0.25) is 4.79 Å². The van der Waals surface area contributed by atoms with Crippen LogP contribution in [-0.4, -0.2) is 24.5 Å². The highest BCUT2D eigenvalue weighted by atomic mass is 16.5. The third kappa shape index (κ3) is 3.17. The summed E-state index contributed by atoms with van der Waals surface area (Å²) >= 11 is 0. The first-order valence-corrected chi connectivity index (χ1v) is 6.71. The van der Waals surface area contributed by atoms with Crippen molar-refractivity contribution in [2.24, 2.45) is 5.73 Å². The van der Waals surface area contributed by atoms with Crippen molar-refractivity contribution in [2.45, 2.75) is 38.1 Å². The van der Waals surface area contributed by atoms with E-state index in [1.807, 2.05) is 6.92 Å². The van der Waals surface area contributed by atoms with Gasteiger partial charge in [-0.25, -0.2) is 4.79 Å². The second-order valence-electron chi connectivity index (χ2n) is 5.46. The molecular formula is C15H20N2O3. The van der Waals surface area contributed by atoms with Crippen molar-refractivity contribution >= 4 is 17.6 Å². The molecule has 0 heterocycles. The van der Waals surface area contributed by atoms with Crippen molar-refractivity contribution in [3.8, 4) is 0 Å². The van der Waals surface area contributed by atoms with Crippen LogP contribution in [0.15, 0.2) is 18.2 Å². The topological polar surface area (TPSA) is 81.4 Å². The summed E-state index contributed by atoms with van der Waals surface area (Å²) in [7, 11) is 1.34. The normalized spacial score (nSPS) is 16.1. The number of methoxy groups -OCH3 is 1. The van der Waals surface area contributed by atoms with E-state index in [0.29, 0.717) is 17.7 Å². The van der Waals surface area contributed by atoms with Gasteiger partial charge in [0.05, 0.1) is 12.7 Å². The quantitative estimate of drug-likeness (QED) is 0.824. The molecule has 5 heteroatoms. The molecule has 0 radical (unpaired) electrons. The first kappa shape index (κ1) is 14.5. The van der Waals surface area contributed by atoms with Gasteiger partial charge in [-0.15, -0.1) is 0 Å². The van der Waals surface area contributed by atoms with E-state index >= 15 is 0 Å². The smallest absolute Gasteiger partial charge is 0.337 e. The monoisotopic (exact) mass is 276 g/mol. The lowest BCUT2D eigenvalue weighted by Gasteiger charge is -2.37. The molecule has 0 aromatic heterocycles. The number of carbonyl (C=O) groups excluding carboxylic acids is 2. The summed E-state index contributed by atoms with van der Waals surface area (Å²) in [5, 5.41) is 2.85. The molecule has 3 N–H and O–H groups in total. The summed E-state index contributed by atoms with van der Waals surface area (Å²) in [6.45, 7) is 1.84. The van der Waals surface area contributed by atoms with Gasteiger partial charge >= 0.3 is 5.97 Å². The Bertz CT molecular complexity index is 536. The molecule has 108 valence electrons.